The van der Waals surface area contributed by atoms with Crippen LogP contribution in [0.3, 0.4) is 0 Å². The molecule has 3 atom stereocenters. The lowest BCUT2D eigenvalue weighted by Gasteiger charge is -2.26. The Morgan fingerprint density at radius 3 is 2.67 bits per heavy atom. The number of nitrogens with zero attached hydrogens (tertiary/aromatic N) is 1. The van der Waals surface area contributed by atoms with Crippen LogP contribution in [0.4, 0.5) is 4.79 Å². The number of likely N-dealkylation sites (tertiary alicyclic amines) is 1. The van der Waals surface area contributed by atoms with E-state index >= 15 is 0 Å². The summed E-state index contributed by atoms with van der Waals surface area (Å²) in [5.74, 6) is 0.705. The standard InChI is InChI=1S/C18H28N2O3S/c1-18(2,3)23-17(21)20-10-13(14(11-20)22-4)19-16(12-7-8-12)15-6-5-9-24-15/h5-6,9,12-14,16,19H,7-8,10-11H2,1-4H3/t13?,14-,16?/m0/s1. The van der Waals surface area contributed by atoms with E-state index < -0.39 is 5.60 Å². The van der Waals surface area contributed by atoms with Gasteiger partial charge in [0.15, 0.2) is 0 Å². The number of thiophene rings is 1. The molecule has 1 amide bonds. The van der Waals surface area contributed by atoms with Gasteiger partial charge in [0.1, 0.15) is 5.60 Å². The van der Waals surface area contributed by atoms with Gasteiger partial charge in [-0.3, -0.25) is 0 Å². The van der Waals surface area contributed by atoms with Gasteiger partial charge in [0.25, 0.3) is 0 Å². The third-order valence-corrected chi connectivity index (χ3v) is 5.51. The van der Waals surface area contributed by atoms with Crippen LogP contribution in [0.15, 0.2) is 17.5 Å². The van der Waals surface area contributed by atoms with E-state index in [1.165, 1.54) is 17.7 Å². The van der Waals surface area contributed by atoms with E-state index in [0.717, 1.165) is 0 Å². The molecule has 0 bridgehead atoms. The van der Waals surface area contributed by atoms with E-state index in [4.69, 9.17) is 9.47 Å². The third kappa shape index (κ3) is 4.29. The van der Waals surface area contributed by atoms with Crippen molar-refractivity contribution in [2.75, 3.05) is 20.2 Å². The molecule has 0 aromatic carbocycles. The highest BCUT2D eigenvalue weighted by Gasteiger charge is 2.41. The summed E-state index contributed by atoms with van der Waals surface area (Å²) in [7, 11) is 1.72. The zero-order valence-electron chi connectivity index (χ0n) is 15.0. The fraction of sp³-hybridized carbons (Fsp3) is 0.722. The van der Waals surface area contributed by atoms with Gasteiger partial charge in [0.05, 0.1) is 18.7 Å². The van der Waals surface area contributed by atoms with Gasteiger partial charge in [-0.25, -0.2) is 4.79 Å². The first kappa shape index (κ1) is 17.7. The quantitative estimate of drug-likeness (QED) is 0.882. The number of ether oxygens (including phenoxy) is 2. The van der Waals surface area contributed by atoms with Crippen LogP contribution in [-0.2, 0) is 9.47 Å². The molecule has 2 unspecified atom stereocenters. The Labute approximate surface area is 148 Å². The van der Waals surface area contributed by atoms with Crippen LogP contribution in [0.25, 0.3) is 0 Å². The molecule has 2 fully saturated rings. The smallest absolute Gasteiger partial charge is 0.410 e. The van der Waals surface area contributed by atoms with Crippen LogP contribution in [0.1, 0.15) is 44.5 Å². The molecule has 134 valence electrons. The van der Waals surface area contributed by atoms with E-state index in [1.807, 2.05) is 20.8 Å². The van der Waals surface area contributed by atoms with Crippen LogP contribution >= 0.6 is 11.3 Å². The van der Waals surface area contributed by atoms with Gasteiger partial charge in [-0.05, 0) is 51.0 Å². The average Bonchev–Trinajstić information content (AvgIpc) is 3.04. The fourth-order valence-electron chi connectivity index (χ4n) is 3.23. The molecule has 2 heterocycles. The SMILES string of the molecule is CO[C@H]1CN(C(=O)OC(C)(C)C)CC1NC(c1cccs1)C1CC1. The number of carbonyl (C=O) groups is 1. The third-order valence-electron chi connectivity index (χ3n) is 4.56. The van der Waals surface area contributed by atoms with Gasteiger partial charge in [-0.2, -0.15) is 0 Å². The van der Waals surface area contributed by atoms with E-state index in [1.54, 1.807) is 23.3 Å². The molecule has 1 aliphatic carbocycles. The average molecular weight is 353 g/mol. The van der Waals surface area contributed by atoms with Gasteiger partial charge in [-0.15, -0.1) is 11.3 Å². The number of nitrogens with one attached hydrogen (secondary N) is 1. The molecule has 1 aromatic heterocycles. The Hall–Kier alpha value is -1.11. The number of rotatable bonds is 5. The lowest BCUT2D eigenvalue weighted by atomic mass is 10.1. The van der Waals surface area contributed by atoms with Gasteiger partial charge < -0.3 is 19.7 Å². The Balaban J connectivity index is 1.65. The molecular weight excluding hydrogens is 324 g/mol. The summed E-state index contributed by atoms with van der Waals surface area (Å²) in [6, 6.07) is 4.80. The summed E-state index contributed by atoms with van der Waals surface area (Å²) in [6.45, 7) is 6.88. The minimum Gasteiger partial charge on any atom is -0.444 e. The monoisotopic (exact) mass is 352 g/mol. The van der Waals surface area contributed by atoms with E-state index in [-0.39, 0.29) is 18.2 Å². The lowest BCUT2D eigenvalue weighted by Crippen LogP contribution is -2.43. The molecule has 6 heteroatoms. The van der Waals surface area contributed by atoms with Gasteiger partial charge >= 0.3 is 6.09 Å². The van der Waals surface area contributed by atoms with E-state index in [2.05, 4.69) is 22.8 Å². The predicted octanol–water partition coefficient (Wildman–Crippen LogP) is 3.42. The summed E-state index contributed by atoms with van der Waals surface area (Å²) in [4.78, 5) is 15.5. The highest BCUT2D eigenvalue weighted by molar-refractivity contribution is 7.10. The Morgan fingerprint density at radius 2 is 2.12 bits per heavy atom. The Bertz CT molecular complexity index is 551. The second kappa shape index (κ2) is 7.02. The maximum Gasteiger partial charge on any atom is 0.410 e. The maximum absolute atomic E-state index is 12.4. The molecule has 1 N–H and O–H groups in total. The van der Waals surface area contributed by atoms with Crippen molar-refractivity contribution in [2.45, 2.75) is 57.4 Å². The first-order valence-corrected chi connectivity index (χ1v) is 9.55. The predicted molar refractivity (Wildman–Crippen MR) is 95.3 cm³/mol. The van der Waals surface area contributed by atoms with Crippen molar-refractivity contribution in [2.24, 2.45) is 5.92 Å². The minimum atomic E-state index is -0.474. The van der Waals surface area contributed by atoms with Gasteiger partial charge in [0, 0.05) is 24.6 Å². The molecule has 0 spiro atoms. The number of hydrogen-bond acceptors (Lipinski definition) is 5. The van der Waals surface area contributed by atoms with Crippen molar-refractivity contribution in [1.29, 1.82) is 0 Å². The molecule has 1 saturated heterocycles. The zero-order valence-corrected chi connectivity index (χ0v) is 15.8. The zero-order chi connectivity index (χ0) is 17.3. The van der Waals surface area contributed by atoms with Crippen molar-refractivity contribution in [3.8, 4) is 0 Å². The van der Waals surface area contributed by atoms with E-state index in [0.29, 0.717) is 25.0 Å². The fourth-order valence-corrected chi connectivity index (χ4v) is 4.11. The normalized spacial score (nSPS) is 25.8. The van der Waals surface area contributed by atoms with Crippen LogP contribution in [0.2, 0.25) is 0 Å². The van der Waals surface area contributed by atoms with Crippen LogP contribution in [0.5, 0.6) is 0 Å². The van der Waals surface area contributed by atoms with E-state index in [9.17, 15) is 4.79 Å². The van der Waals surface area contributed by atoms with Crippen LogP contribution in [-0.4, -0.2) is 48.9 Å². The Morgan fingerprint density at radius 1 is 1.38 bits per heavy atom. The molecular formula is C18H28N2O3S. The summed E-state index contributed by atoms with van der Waals surface area (Å²) in [6.07, 6.45) is 2.29. The summed E-state index contributed by atoms with van der Waals surface area (Å²) in [5.41, 5.74) is -0.474. The number of hydrogen-bond donors (Lipinski definition) is 1. The first-order valence-electron chi connectivity index (χ1n) is 8.67. The molecule has 0 radical (unpaired) electrons. The Kier molecular flexibility index (Phi) is 5.18. The summed E-state index contributed by atoms with van der Waals surface area (Å²) >= 11 is 1.80. The minimum absolute atomic E-state index is 0.00118. The summed E-state index contributed by atoms with van der Waals surface area (Å²) in [5, 5.41) is 5.89. The van der Waals surface area contributed by atoms with Crippen molar-refractivity contribution >= 4 is 17.4 Å². The van der Waals surface area contributed by atoms with Crippen molar-refractivity contribution in [3.05, 3.63) is 22.4 Å². The number of carbonyl (C=O) groups excluding carboxylic acids is 1. The number of methoxy groups -OCH3 is 1. The molecule has 24 heavy (non-hydrogen) atoms. The molecule has 1 aliphatic heterocycles. The topological polar surface area (TPSA) is 50.8 Å². The first-order chi connectivity index (χ1) is 11.4. The molecule has 1 saturated carbocycles. The molecule has 5 nitrogen and oxygen atoms in total. The molecule has 1 aromatic rings. The lowest BCUT2D eigenvalue weighted by molar-refractivity contribution is 0.0252. The van der Waals surface area contributed by atoms with Crippen molar-refractivity contribution in [1.82, 2.24) is 10.2 Å². The van der Waals surface area contributed by atoms with Gasteiger partial charge in [-0.1, -0.05) is 6.07 Å². The highest BCUT2D eigenvalue weighted by atomic mass is 32.1. The largest absolute Gasteiger partial charge is 0.444 e. The van der Waals surface area contributed by atoms with Crippen molar-refractivity contribution in [3.63, 3.8) is 0 Å². The number of amides is 1. The maximum atomic E-state index is 12.4. The second-order valence-electron chi connectivity index (χ2n) is 7.76. The molecule has 3 rings (SSSR count). The molecule has 2 aliphatic rings. The van der Waals surface area contributed by atoms with Gasteiger partial charge in [0.2, 0.25) is 0 Å². The second-order valence-corrected chi connectivity index (χ2v) is 8.74. The van der Waals surface area contributed by atoms with Crippen LogP contribution in [0, 0.1) is 5.92 Å². The van der Waals surface area contributed by atoms with Crippen LogP contribution < -0.4 is 5.32 Å². The summed E-state index contributed by atoms with van der Waals surface area (Å²) < 4.78 is 11.1. The van der Waals surface area contributed by atoms with Crippen molar-refractivity contribution < 1.29 is 14.3 Å². The highest BCUT2D eigenvalue weighted by Crippen LogP contribution is 2.43.